The summed E-state index contributed by atoms with van der Waals surface area (Å²) in [6.07, 6.45) is 1.27. The minimum atomic E-state index is -2.30. The molecule has 5 heteroatoms. The van der Waals surface area contributed by atoms with Crippen molar-refractivity contribution in [3.8, 4) is 0 Å². The number of benzene rings is 1. The Kier molecular flexibility index (Phi) is 5.23. The molecule has 0 saturated heterocycles. The molecule has 17 heavy (non-hydrogen) atoms. The summed E-state index contributed by atoms with van der Waals surface area (Å²) in [4.78, 5) is 11.2. The molecule has 1 amide bonds. The fourth-order valence-electron chi connectivity index (χ4n) is 1.62. The van der Waals surface area contributed by atoms with Crippen LogP contribution in [0.1, 0.15) is 13.8 Å². The summed E-state index contributed by atoms with van der Waals surface area (Å²) in [6, 6.07) is 7.20. The van der Waals surface area contributed by atoms with E-state index < -0.39 is 7.14 Å². The number of carbonyl (C=O) groups is 1. The summed E-state index contributed by atoms with van der Waals surface area (Å²) in [5.41, 5.74) is 0.648. The summed E-state index contributed by atoms with van der Waals surface area (Å²) in [6.45, 7) is 3.85. The average molecular weight is 274 g/mol. The van der Waals surface area contributed by atoms with Crippen molar-refractivity contribution in [3.05, 3.63) is 24.3 Å². The molecule has 1 aromatic rings. The lowest BCUT2D eigenvalue weighted by molar-refractivity contribution is -0.113. The first-order chi connectivity index (χ1) is 8.05. The molecule has 0 heterocycles. The molecule has 1 N–H and O–H groups in total. The first-order valence-electron chi connectivity index (χ1n) is 5.60. The van der Waals surface area contributed by atoms with E-state index in [0.29, 0.717) is 18.0 Å². The van der Waals surface area contributed by atoms with Crippen LogP contribution in [0.3, 0.4) is 0 Å². The van der Waals surface area contributed by atoms with Crippen LogP contribution in [0.5, 0.6) is 0 Å². The molecule has 0 radical (unpaired) electrons. The second kappa shape index (κ2) is 6.23. The van der Waals surface area contributed by atoms with Gasteiger partial charge in [-0.15, -0.1) is 11.6 Å². The predicted molar refractivity (Wildman–Crippen MR) is 74.1 cm³/mol. The largest absolute Gasteiger partial charge is 0.325 e. The molecule has 0 aromatic heterocycles. The molecule has 0 aliphatic heterocycles. The average Bonchev–Trinajstić information content (AvgIpc) is 2.38. The van der Waals surface area contributed by atoms with Gasteiger partial charge in [-0.3, -0.25) is 4.79 Å². The SMILES string of the molecule is CCP(=O)(CC)c1cccc(NC(=O)CCl)c1. The van der Waals surface area contributed by atoms with Gasteiger partial charge in [0.2, 0.25) is 5.91 Å². The highest BCUT2D eigenvalue weighted by Crippen LogP contribution is 2.43. The highest BCUT2D eigenvalue weighted by molar-refractivity contribution is 7.71. The van der Waals surface area contributed by atoms with Crippen LogP contribution in [0.25, 0.3) is 0 Å². The van der Waals surface area contributed by atoms with Crippen LogP contribution in [0.15, 0.2) is 24.3 Å². The quantitative estimate of drug-likeness (QED) is 0.662. The smallest absolute Gasteiger partial charge is 0.239 e. The molecule has 0 saturated carbocycles. The lowest BCUT2D eigenvalue weighted by Crippen LogP contribution is -2.15. The Labute approximate surface area is 107 Å². The van der Waals surface area contributed by atoms with Gasteiger partial charge in [0.05, 0.1) is 0 Å². The third kappa shape index (κ3) is 3.58. The molecule has 0 spiro atoms. The number of rotatable bonds is 5. The fourth-order valence-corrected chi connectivity index (χ4v) is 3.60. The number of hydrogen-bond donors (Lipinski definition) is 1. The maximum atomic E-state index is 12.5. The highest BCUT2D eigenvalue weighted by Gasteiger charge is 2.20. The molecule has 0 aliphatic rings. The predicted octanol–water partition coefficient (Wildman–Crippen LogP) is 2.89. The van der Waals surface area contributed by atoms with Gasteiger partial charge in [0.1, 0.15) is 13.0 Å². The topological polar surface area (TPSA) is 46.2 Å². The summed E-state index contributed by atoms with van der Waals surface area (Å²) in [5.74, 6) is -0.338. The summed E-state index contributed by atoms with van der Waals surface area (Å²) < 4.78 is 12.5. The molecular weight excluding hydrogens is 257 g/mol. The van der Waals surface area contributed by atoms with Gasteiger partial charge in [-0.1, -0.05) is 26.0 Å². The molecule has 0 aliphatic carbocycles. The van der Waals surface area contributed by atoms with E-state index in [1.54, 1.807) is 18.2 Å². The Bertz CT molecular complexity index is 440. The number of nitrogens with one attached hydrogen (secondary N) is 1. The Morgan fingerprint density at radius 1 is 1.35 bits per heavy atom. The summed E-state index contributed by atoms with van der Waals surface area (Å²) in [5, 5.41) is 3.47. The summed E-state index contributed by atoms with van der Waals surface area (Å²) >= 11 is 5.42. The van der Waals surface area contributed by atoms with E-state index in [0.717, 1.165) is 5.30 Å². The van der Waals surface area contributed by atoms with Gasteiger partial charge in [-0.05, 0) is 12.1 Å². The van der Waals surface area contributed by atoms with Crippen LogP contribution in [-0.2, 0) is 9.36 Å². The zero-order valence-corrected chi connectivity index (χ0v) is 11.7. The van der Waals surface area contributed by atoms with E-state index in [1.165, 1.54) is 0 Å². The number of alkyl halides is 1. The van der Waals surface area contributed by atoms with Gasteiger partial charge in [-0.25, -0.2) is 0 Å². The van der Waals surface area contributed by atoms with Crippen molar-refractivity contribution in [1.82, 2.24) is 0 Å². The lowest BCUT2D eigenvalue weighted by Gasteiger charge is -2.15. The normalized spacial score (nSPS) is 11.2. The van der Waals surface area contributed by atoms with E-state index >= 15 is 0 Å². The zero-order chi connectivity index (χ0) is 12.9. The van der Waals surface area contributed by atoms with Crippen molar-refractivity contribution in [2.45, 2.75) is 13.8 Å². The molecule has 94 valence electrons. The highest BCUT2D eigenvalue weighted by atomic mass is 35.5. The Morgan fingerprint density at radius 2 is 2.00 bits per heavy atom. The molecular formula is C12H17ClNO2P. The maximum absolute atomic E-state index is 12.5. The van der Waals surface area contributed by atoms with E-state index in [4.69, 9.17) is 11.6 Å². The molecule has 3 nitrogen and oxygen atoms in total. The first-order valence-corrected chi connectivity index (χ1v) is 8.21. The molecule has 1 aromatic carbocycles. The minimum Gasteiger partial charge on any atom is -0.325 e. The van der Waals surface area contributed by atoms with Crippen molar-refractivity contribution < 1.29 is 9.36 Å². The van der Waals surface area contributed by atoms with Crippen LogP contribution >= 0.6 is 18.7 Å². The number of halogens is 1. The van der Waals surface area contributed by atoms with E-state index in [1.807, 2.05) is 19.9 Å². The number of hydrogen-bond acceptors (Lipinski definition) is 2. The van der Waals surface area contributed by atoms with Gasteiger partial charge in [0.15, 0.2) is 0 Å². The van der Waals surface area contributed by atoms with Gasteiger partial charge in [0.25, 0.3) is 0 Å². The number of anilines is 1. The lowest BCUT2D eigenvalue weighted by atomic mass is 10.3. The van der Waals surface area contributed by atoms with Crippen molar-refractivity contribution >= 4 is 35.6 Å². The maximum Gasteiger partial charge on any atom is 0.239 e. The van der Waals surface area contributed by atoms with Crippen molar-refractivity contribution in [1.29, 1.82) is 0 Å². The van der Waals surface area contributed by atoms with Crippen molar-refractivity contribution in [2.75, 3.05) is 23.5 Å². The monoisotopic (exact) mass is 273 g/mol. The molecule has 0 unspecified atom stereocenters. The van der Waals surface area contributed by atoms with Crippen molar-refractivity contribution in [2.24, 2.45) is 0 Å². The third-order valence-corrected chi connectivity index (χ3v) is 6.25. The Morgan fingerprint density at radius 3 is 2.53 bits per heavy atom. The van der Waals surface area contributed by atoms with Crippen molar-refractivity contribution in [3.63, 3.8) is 0 Å². The van der Waals surface area contributed by atoms with Gasteiger partial charge < -0.3 is 9.88 Å². The third-order valence-electron chi connectivity index (χ3n) is 2.74. The van der Waals surface area contributed by atoms with Gasteiger partial charge in [-0.2, -0.15) is 0 Å². The van der Waals surface area contributed by atoms with Crippen LogP contribution in [-0.4, -0.2) is 24.1 Å². The van der Waals surface area contributed by atoms with Gasteiger partial charge in [0, 0.05) is 23.3 Å². The first kappa shape index (κ1) is 14.3. The number of carbonyl (C=O) groups excluding carboxylic acids is 1. The standard InChI is InChI=1S/C12H17ClNO2P/c1-3-17(16,4-2)11-7-5-6-10(8-11)14-12(15)9-13/h5-8H,3-4,9H2,1-2H3,(H,14,15). The second-order valence-corrected chi connectivity index (χ2v) is 7.58. The van der Waals surface area contributed by atoms with Crippen LogP contribution in [0.4, 0.5) is 5.69 Å². The number of amides is 1. The van der Waals surface area contributed by atoms with E-state index in [-0.39, 0.29) is 11.8 Å². The van der Waals surface area contributed by atoms with E-state index in [9.17, 15) is 9.36 Å². The molecule has 0 bridgehead atoms. The van der Waals surface area contributed by atoms with Crippen LogP contribution in [0, 0.1) is 0 Å². The molecule has 0 atom stereocenters. The minimum absolute atomic E-state index is 0.0799. The zero-order valence-electron chi connectivity index (χ0n) is 10.1. The second-order valence-electron chi connectivity index (χ2n) is 3.75. The van der Waals surface area contributed by atoms with Crippen LogP contribution < -0.4 is 10.6 Å². The van der Waals surface area contributed by atoms with E-state index in [2.05, 4.69) is 5.32 Å². The molecule has 0 fully saturated rings. The fraction of sp³-hybridized carbons (Fsp3) is 0.417. The summed E-state index contributed by atoms with van der Waals surface area (Å²) in [7, 11) is -2.30. The van der Waals surface area contributed by atoms with Crippen LogP contribution in [0.2, 0.25) is 0 Å². The van der Waals surface area contributed by atoms with Gasteiger partial charge >= 0.3 is 0 Å². The Hall–Kier alpha value is -0.790. The molecule has 1 rings (SSSR count). The Balaban J connectivity index is 3.00.